The fraction of sp³-hybridized carbons (Fsp3) is 0.700. The smallest absolute Gasteiger partial charge is 0.0716 e. The van der Waals surface area contributed by atoms with Crippen molar-refractivity contribution in [2.75, 3.05) is 6.61 Å². The topological polar surface area (TPSA) is 9.23 Å². The molecule has 114 valence electrons. The first kappa shape index (κ1) is 13.8. The fourth-order valence-electron chi connectivity index (χ4n) is 5.69. The predicted molar refractivity (Wildman–Crippen MR) is 85.9 cm³/mol. The lowest BCUT2D eigenvalue weighted by molar-refractivity contribution is -0.0429. The summed E-state index contributed by atoms with van der Waals surface area (Å²) in [7, 11) is 0. The van der Waals surface area contributed by atoms with E-state index in [0.29, 0.717) is 0 Å². The van der Waals surface area contributed by atoms with Gasteiger partial charge in [0.15, 0.2) is 0 Å². The number of rotatable bonds is 6. The maximum atomic E-state index is 5.86. The third-order valence-corrected chi connectivity index (χ3v) is 6.36. The average molecular weight is 284 g/mol. The molecule has 0 aliphatic heterocycles. The molecular formula is C20H28O. The van der Waals surface area contributed by atoms with Crippen LogP contribution in [0, 0.1) is 29.6 Å². The number of hydrogen-bond acceptors (Lipinski definition) is 1. The van der Waals surface area contributed by atoms with Crippen molar-refractivity contribution in [1.82, 2.24) is 0 Å². The van der Waals surface area contributed by atoms with E-state index in [-0.39, 0.29) is 0 Å². The van der Waals surface area contributed by atoms with Crippen molar-refractivity contribution in [3.8, 4) is 0 Å². The minimum absolute atomic E-state index is 0.780. The Labute approximate surface area is 129 Å². The van der Waals surface area contributed by atoms with Crippen molar-refractivity contribution in [2.45, 2.75) is 51.6 Å². The van der Waals surface area contributed by atoms with Crippen LogP contribution < -0.4 is 0 Å². The van der Waals surface area contributed by atoms with Crippen LogP contribution in [0.15, 0.2) is 30.3 Å². The molecule has 4 bridgehead atoms. The van der Waals surface area contributed by atoms with Gasteiger partial charge in [-0.1, -0.05) is 30.3 Å². The fourth-order valence-corrected chi connectivity index (χ4v) is 5.69. The summed E-state index contributed by atoms with van der Waals surface area (Å²) in [5.41, 5.74) is 1.30. The molecule has 0 aromatic heterocycles. The SMILES string of the molecule is c1ccc(COCCCC2C3CC4CC(C3)CC2C4)cc1. The molecule has 1 heteroatoms. The third-order valence-electron chi connectivity index (χ3n) is 6.36. The second-order valence-corrected chi connectivity index (χ2v) is 7.77. The lowest BCUT2D eigenvalue weighted by atomic mass is 9.51. The van der Waals surface area contributed by atoms with Gasteiger partial charge in [-0.2, -0.15) is 0 Å². The second-order valence-electron chi connectivity index (χ2n) is 7.77. The van der Waals surface area contributed by atoms with Gasteiger partial charge in [0, 0.05) is 6.61 Å². The van der Waals surface area contributed by atoms with Gasteiger partial charge in [-0.3, -0.25) is 0 Å². The van der Waals surface area contributed by atoms with E-state index in [0.717, 1.165) is 42.8 Å². The molecular weight excluding hydrogens is 256 g/mol. The first-order chi connectivity index (χ1) is 10.4. The highest BCUT2D eigenvalue weighted by Crippen LogP contribution is 2.57. The summed E-state index contributed by atoms with van der Waals surface area (Å²) in [6, 6.07) is 10.5. The van der Waals surface area contributed by atoms with Gasteiger partial charge in [-0.15, -0.1) is 0 Å². The van der Waals surface area contributed by atoms with E-state index < -0.39 is 0 Å². The quantitative estimate of drug-likeness (QED) is 0.664. The summed E-state index contributed by atoms with van der Waals surface area (Å²) in [6.45, 7) is 1.72. The number of hydrogen-bond donors (Lipinski definition) is 0. The summed E-state index contributed by atoms with van der Waals surface area (Å²) in [4.78, 5) is 0. The molecule has 0 unspecified atom stereocenters. The Morgan fingerprint density at radius 3 is 2.19 bits per heavy atom. The van der Waals surface area contributed by atoms with E-state index in [1.54, 1.807) is 32.1 Å². The first-order valence-corrected chi connectivity index (χ1v) is 9.00. The molecule has 0 spiro atoms. The molecule has 0 N–H and O–H groups in total. The van der Waals surface area contributed by atoms with Gasteiger partial charge in [0.2, 0.25) is 0 Å². The molecule has 1 nitrogen and oxygen atoms in total. The predicted octanol–water partition coefficient (Wildman–Crippen LogP) is 5.06. The van der Waals surface area contributed by atoms with Crippen LogP contribution >= 0.6 is 0 Å². The van der Waals surface area contributed by atoms with Crippen LogP contribution in [0.25, 0.3) is 0 Å². The normalized spacial score (nSPS) is 37.0. The van der Waals surface area contributed by atoms with Gasteiger partial charge in [0.25, 0.3) is 0 Å². The lowest BCUT2D eigenvalue weighted by Gasteiger charge is -2.54. The molecule has 0 amide bonds. The van der Waals surface area contributed by atoms with E-state index >= 15 is 0 Å². The van der Waals surface area contributed by atoms with Crippen molar-refractivity contribution in [3.05, 3.63) is 35.9 Å². The van der Waals surface area contributed by atoms with Crippen LogP contribution in [0.4, 0.5) is 0 Å². The Balaban J connectivity index is 1.19. The van der Waals surface area contributed by atoms with Gasteiger partial charge in [0.05, 0.1) is 6.61 Å². The van der Waals surface area contributed by atoms with Crippen LogP contribution in [0.3, 0.4) is 0 Å². The van der Waals surface area contributed by atoms with Crippen molar-refractivity contribution < 1.29 is 4.74 Å². The summed E-state index contributed by atoms with van der Waals surface area (Å²) in [5, 5.41) is 0. The minimum atomic E-state index is 0.780. The van der Waals surface area contributed by atoms with Gasteiger partial charge < -0.3 is 4.74 Å². The zero-order valence-corrected chi connectivity index (χ0v) is 13.0. The molecule has 4 aliphatic carbocycles. The third kappa shape index (κ3) is 3.04. The Hall–Kier alpha value is -0.820. The van der Waals surface area contributed by atoms with Crippen molar-refractivity contribution in [3.63, 3.8) is 0 Å². The van der Waals surface area contributed by atoms with E-state index in [9.17, 15) is 0 Å². The zero-order valence-electron chi connectivity index (χ0n) is 13.0. The Bertz CT molecular complexity index is 424. The van der Waals surface area contributed by atoms with E-state index in [1.165, 1.54) is 18.4 Å². The molecule has 1 aromatic carbocycles. The minimum Gasteiger partial charge on any atom is -0.377 e. The summed E-state index contributed by atoms with van der Waals surface area (Å²) in [5.74, 6) is 5.42. The average Bonchev–Trinajstić information content (AvgIpc) is 2.50. The number of ether oxygens (including phenoxy) is 1. The lowest BCUT2D eigenvalue weighted by Crippen LogP contribution is -2.45. The first-order valence-electron chi connectivity index (χ1n) is 9.00. The van der Waals surface area contributed by atoms with Crippen LogP contribution in [0.2, 0.25) is 0 Å². The molecule has 0 saturated heterocycles. The van der Waals surface area contributed by atoms with Gasteiger partial charge >= 0.3 is 0 Å². The standard InChI is InChI=1S/C20H28O/c1-2-5-15(6-3-1)14-21-8-4-7-20-18-10-16-9-17(12-18)13-19(20)11-16/h1-3,5-6,16-20H,4,7-14H2. The highest BCUT2D eigenvalue weighted by molar-refractivity contribution is 5.13. The maximum absolute atomic E-state index is 5.86. The van der Waals surface area contributed by atoms with Crippen LogP contribution in [-0.4, -0.2) is 6.61 Å². The molecule has 1 aromatic rings. The molecule has 0 heterocycles. The number of benzene rings is 1. The van der Waals surface area contributed by atoms with Crippen molar-refractivity contribution in [1.29, 1.82) is 0 Å². The van der Waals surface area contributed by atoms with Gasteiger partial charge in [-0.05, 0) is 80.1 Å². The van der Waals surface area contributed by atoms with E-state index in [1.807, 2.05) is 0 Å². The maximum Gasteiger partial charge on any atom is 0.0716 e. The summed E-state index contributed by atoms with van der Waals surface area (Å²) >= 11 is 0. The molecule has 21 heavy (non-hydrogen) atoms. The second kappa shape index (κ2) is 6.12. The summed E-state index contributed by atoms with van der Waals surface area (Å²) in [6.07, 6.45) is 10.5. The highest BCUT2D eigenvalue weighted by atomic mass is 16.5. The van der Waals surface area contributed by atoms with Crippen LogP contribution in [0.5, 0.6) is 0 Å². The Morgan fingerprint density at radius 2 is 1.52 bits per heavy atom. The molecule has 5 rings (SSSR count). The van der Waals surface area contributed by atoms with E-state index in [4.69, 9.17) is 4.74 Å². The summed E-state index contributed by atoms with van der Waals surface area (Å²) < 4.78 is 5.86. The van der Waals surface area contributed by atoms with Gasteiger partial charge in [-0.25, -0.2) is 0 Å². The zero-order chi connectivity index (χ0) is 14.1. The van der Waals surface area contributed by atoms with Crippen molar-refractivity contribution in [2.24, 2.45) is 29.6 Å². The largest absolute Gasteiger partial charge is 0.377 e. The van der Waals surface area contributed by atoms with E-state index in [2.05, 4.69) is 30.3 Å². The highest BCUT2D eigenvalue weighted by Gasteiger charge is 2.47. The van der Waals surface area contributed by atoms with Crippen LogP contribution in [-0.2, 0) is 11.3 Å². The molecule has 4 fully saturated rings. The molecule has 0 atom stereocenters. The van der Waals surface area contributed by atoms with Crippen molar-refractivity contribution >= 4 is 0 Å². The monoisotopic (exact) mass is 284 g/mol. The molecule has 4 saturated carbocycles. The molecule has 4 aliphatic rings. The molecule has 0 radical (unpaired) electrons. The Morgan fingerprint density at radius 1 is 0.857 bits per heavy atom. The van der Waals surface area contributed by atoms with Gasteiger partial charge in [0.1, 0.15) is 0 Å². The Kier molecular flexibility index (Phi) is 4.03. The van der Waals surface area contributed by atoms with Crippen LogP contribution in [0.1, 0.15) is 50.5 Å².